The topological polar surface area (TPSA) is 24.9 Å². The molecule has 0 aliphatic carbocycles. The zero-order valence-electron chi connectivity index (χ0n) is 9.62. The lowest BCUT2D eigenvalue weighted by Crippen LogP contribution is -2.04. The Labute approximate surface area is 96.9 Å². The largest absolute Gasteiger partial charge is 0.370 e. The van der Waals surface area contributed by atoms with Gasteiger partial charge in [-0.05, 0) is 43.4 Å². The van der Waals surface area contributed by atoms with Crippen molar-refractivity contribution < 1.29 is 0 Å². The Hall–Kier alpha value is -0.700. The summed E-state index contributed by atoms with van der Waals surface area (Å²) in [4.78, 5) is 4.30. The zero-order chi connectivity index (χ0) is 10.9. The summed E-state index contributed by atoms with van der Waals surface area (Å²) in [7, 11) is 0. The Balaban J connectivity index is 2.12. The fourth-order valence-electron chi connectivity index (χ4n) is 1.43. The summed E-state index contributed by atoms with van der Waals surface area (Å²) in [5.74, 6) is 2.31. The zero-order valence-corrected chi connectivity index (χ0v) is 10.4. The normalized spacial score (nSPS) is 10.3. The van der Waals surface area contributed by atoms with E-state index in [1.165, 1.54) is 30.6 Å². The van der Waals surface area contributed by atoms with Gasteiger partial charge in [-0.15, -0.1) is 0 Å². The van der Waals surface area contributed by atoms with Crippen LogP contribution in [0.1, 0.15) is 24.8 Å². The lowest BCUT2D eigenvalue weighted by atomic mass is 10.2. The van der Waals surface area contributed by atoms with Gasteiger partial charge in [0, 0.05) is 12.7 Å². The van der Waals surface area contributed by atoms with Crippen LogP contribution in [0.4, 0.5) is 5.82 Å². The van der Waals surface area contributed by atoms with E-state index in [1.54, 1.807) is 0 Å². The van der Waals surface area contributed by atoms with Crippen molar-refractivity contribution in [2.45, 2.75) is 26.2 Å². The summed E-state index contributed by atoms with van der Waals surface area (Å²) in [6.07, 6.45) is 7.86. The lowest BCUT2D eigenvalue weighted by molar-refractivity contribution is 0.748. The third-order valence-electron chi connectivity index (χ3n) is 2.33. The van der Waals surface area contributed by atoms with Crippen LogP contribution in [0.5, 0.6) is 0 Å². The molecule has 1 heterocycles. The minimum atomic E-state index is 1.03. The number of anilines is 1. The highest BCUT2D eigenvalue weighted by Crippen LogP contribution is 2.09. The van der Waals surface area contributed by atoms with E-state index in [9.17, 15) is 0 Å². The van der Waals surface area contributed by atoms with Crippen molar-refractivity contribution in [1.29, 1.82) is 0 Å². The molecule has 0 amide bonds. The van der Waals surface area contributed by atoms with Gasteiger partial charge in [-0.3, -0.25) is 0 Å². The SMILES string of the molecule is CSCCCCCNc1ncccc1C. The Morgan fingerprint density at radius 3 is 2.93 bits per heavy atom. The van der Waals surface area contributed by atoms with Crippen LogP contribution in [0.15, 0.2) is 18.3 Å². The molecule has 0 aliphatic rings. The van der Waals surface area contributed by atoms with Gasteiger partial charge in [0.25, 0.3) is 0 Å². The third kappa shape index (κ3) is 5.07. The van der Waals surface area contributed by atoms with Crippen LogP contribution in [0.3, 0.4) is 0 Å². The molecule has 0 fully saturated rings. The Morgan fingerprint density at radius 1 is 1.33 bits per heavy atom. The number of hydrogen-bond donors (Lipinski definition) is 1. The molecule has 1 N–H and O–H groups in total. The van der Waals surface area contributed by atoms with E-state index in [1.807, 2.05) is 24.0 Å². The van der Waals surface area contributed by atoms with E-state index in [2.05, 4.69) is 29.5 Å². The molecule has 3 heteroatoms. The molecule has 2 nitrogen and oxygen atoms in total. The van der Waals surface area contributed by atoms with Crippen LogP contribution >= 0.6 is 11.8 Å². The molecule has 0 saturated carbocycles. The summed E-state index contributed by atoms with van der Waals surface area (Å²) in [6, 6.07) is 4.06. The third-order valence-corrected chi connectivity index (χ3v) is 3.02. The molecule has 0 aliphatic heterocycles. The fraction of sp³-hybridized carbons (Fsp3) is 0.583. The molecule has 0 aromatic carbocycles. The van der Waals surface area contributed by atoms with Gasteiger partial charge in [0.05, 0.1) is 0 Å². The Bertz CT molecular complexity index is 276. The molecule has 15 heavy (non-hydrogen) atoms. The molecule has 1 rings (SSSR count). The molecule has 84 valence electrons. The first kappa shape index (κ1) is 12.4. The average Bonchev–Trinajstić information content (AvgIpc) is 2.25. The fourth-order valence-corrected chi connectivity index (χ4v) is 1.92. The highest BCUT2D eigenvalue weighted by atomic mass is 32.2. The van der Waals surface area contributed by atoms with Crippen molar-refractivity contribution in [1.82, 2.24) is 4.98 Å². The van der Waals surface area contributed by atoms with Gasteiger partial charge in [-0.2, -0.15) is 11.8 Å². The predicted octanol–water partition coefficient (Wildman–Crippen LogP) is 3.34. The molecule has 0 unspecified atom stereocenters. The van der Waals surface area contributed by atoms with Crippen LogP contribution in [0, 0.1) is 6.92 Å². The van der Waals surface area contributed by atoms with Gasteiger partial charge in [0.2, 0.25) is 0 Å². The van der Waals surface area contributed by atoms with E-state index >= 15 is 0 Å². The molecular formula is C12H20N2S. The number of aromatic nitrogens is 1. The van der Waals surface area contributed by atoms with Gasteiger partial charge in [0.1, 0.15) is 5.82 Å². The summed E-state index contributed by atoms with van der Waals surface area (Å²) < 4.78 is 0. The molecule has 1 aromatic heterocycles. The van der Waals surface area contributed by atoms with Crippen molar-refractivity contribution in [3.63, 3.8) is 0 Å². The summed E-state index contributed by atoms with van der Waals surface area (Å²) in [6.45, 7) is 3.12. The second-order valence-electron chi connectivity index (χ2n) is 3.65. The number of nitrogens with zero attached hydrogens (tertiary/aromatic N) is 1. The number of aryl methyl sites for hydroxylation is 1. The number of unbranched alkanes of at least 4 members (excludes halogenated alkanes) is 2. The maximum absolute atomic E-state index is 4.30. The molecule has 0 spiro atoms. The number of thioether (sulfide) groups is 1. The van der Waals surface area contributed by atoms with Gasteiger partial charge in [0.15, 0.2) is 0 Å². The van der Waals surface area contributed by atoms with E-state index in [0.717, 1.165) is 12.4 Å². The van der Waals surface area contributed by atoms with Crippen LogP contribution in [-0.2, 0) is 0 Å². The van der Waals surface area contributed by atoms with Crippen LogP contribution in [-0.4, -0.2) is 23.5 Å². The molecular weight excluding hydrogens is 204 g/mol. The summed E-state index contributed by atoms with van der Waals surface area (Å²) >= 11 is 1.93. The lowest BCUT2D eigenvalue weighted by Gasteiger charge is -2.07. The van der Waals surface area contributed by atoms with Gasteiger partial charge in [-0.1, -0.05) is 12.5 Å². The first-order valence-corrected chi connectivity index (χ1v) is 6.88. The minimum absolute atomic E-state index is 1.03. The highest BCUT2D eigenvalue weighted by Gasteiger charge is 1.96. The molecule has 0 saturated heterocycles. The van der Waals surface area contributed by atoms with Gasteiger partial charge >= 0.3 is 0 Å². The smallest absolute Gasteiger partial charge is 0.128 e. The molecule has 1 aromatic rings. The first-order chi connectivity index (χ1) is 7.34. The van der Waals surface area contributed by atoms with Crippen LogP contribution in [0.25, 0.3) is 0 Å². The summed E-state index contributed by atoms with van der Waals surface area (Å²) in [5.41, 5.74) is 1.22. The van der Waals surface area contributed by atoms with E-state index in [4.69, 9.17) is 0 Å². The molecule has 0 radical (unpaired) electrons. The van der Waals surface area contributed by atoms with Crippen molar-refractivity contribution in [3.8, 4) is 0 Å². The van der Waals surface area contributed by atoms with Crippen LogP contribution < -0.4 is 5.32 Å². The maximum Gasteiger partial charge on any atom is 0.128 e. The first-order valence-electron chi connectivity index (χ1n) is 5.49. The predicted molar refractivity (Wildman–Crippen MR) is 69.7 cm³/mol. The van der Waals surface area contributed by atoms with Crippen molar-refractivity contribution in [2.75, 3.05) is 23.9 Å². The number of pyridine rings is 1. The summed E-state index contributed by atoms with van der Waals surface area (Å²) in [5, 5.41) is 3.37. The second-order valence-corrected chi connectivity index (χ2v) is 4.63. The molecule has 0 bridgehead atoms. The number of rotatable bonds is 7. The average molecular weight is 224 g/mol. The van der Waals surface area contributed by atoms with Crippen molar-refractivity contribution >= 4 is 17.6 Å². The van der Waals surface area contributed by atoms with Gasteiger partial charge in [-0.25, -0.2) is 4.98 Å². The highest BCUT2D eigenvalue weighted by molar-refractivity contribution is 7.98. The van der Waals surface area contributed by atoms with Crippen LogP contribution in [0.2, 0.25) is 0 Å². The second kappa shape index (κ2) is 7.57. The maximum atomic E-state index is 4.30. The Kier molecular flexibility index (Phi) is 6.25. The monoisotopic (exact) mass is 224 g/mol. The minimum Gasteiger partial charge on any atom is -0.370 e. The number of nitrogens with one attached hydrogen (secondary N) is 1. The van der Waals surface area contributed by atoms with E-state index in [-0.39, 0.29) is 0 Å². The van der Waals surface area contributed by atoms with Gasteiger partial charge < -0.3 is 5.32 Å². The van der Waals surface area contributed by atoms with Crippen molar-refractivity contribution in [2.24, 2.45) is 0 Å². The van der Waals surface area contributed by atoms with E-state index in [0.29, 0.717) is 0 Å². The van der Waals surface area contributed by atoms with E-state index < -0.39 is 0 Å². The standard InChI is InChI=1S/C12H20N2S/c1-11-7-6-9-14-12(11)13-8-4-3-5-10-15-2/h6-7,9H,3-5,8,10H2,1-2H3,(H,13,14). The Morgan fingerprint density at radius 2 is 2.20 bits per heavy atom. The van der Waals surface area contributed by atoms with Crippen molar-refractivity contribution in [3.05, 3.63) is 23.9 Å². The number of hydrogen-bond acceptors (Lipinski definition) is 3. The molecule has 0 atom stereocenters. The quantitative estimate of drug-likeness (QED) is 0.719.